The largest absolute Gasteiger partial charge is 0.497 e. The molecule has 0 radical (unpaired) electrons. The Kier molecular flexibility index (Phi) is 14.8. The first-order valence-electron chi connectivity index (χ1n) is 21.0. The summed E-state index contributed by atoms with van der Waals surface area (Å²) < 4.78 is 53.3. The number of cyclic esters (lactones) is 1. The highest BCUT2D eigenvalue weighted by atomic mass is 28.4. The average Bonchev–Trinajstić information content (AvgIpc) is 3.49. The first kappa shape index (κ1) is 47.1. The van der Waals surface area contributed by atoms with Crippen LogP contribution in [0.3, 0.4) is 0 Å². The van der Waals surface area contributed by atoms with Gasteiger partial charge in [0.05, 0.1) is 44.1 Å². The second kappa shape index (κ2) is 17.6. The van der Waals surface area contributed by atoms with Crippen LogP contribution in [0.5, 0.6) is 5.75 Å². The number of hydrogen-bond donors (Lipinski definition) is 0. The molecule has 9 nitrogen and oxygen atoms in total. The zero-order valence-corrected chi connectivity index (χ0v) is 40.1. The number of carbonyl (C=O) groups is 1. The van der Waals surface area contributed by atoms with Crippen LogP contribution in [0.1, 0.15) is 101 Å². The fourth-order valence-corrected chi connectivity index (χ4v) is 10.8. The maximum atomic E-state index is 13.8. The van der Waals surface area contributed by atoms with Crippen molar-refractivity contribution in [3.8, 4) is 5.75 Å². The van der Waals surface area contributed by atoms with Gasteiger partial charge in [0.15, 0.2) is 22.4 Å². The molecule has 4 rings (SSSR count). The molecular weight excluding hydrogens is 741 g/mol. The summed E-state index contributed by atoms with van der Waals surface area (Å²) in [4.78, 5) is 13.8. The van der Waals surface area contributed by atoms with E-state index in [1.807, 2.05) is 30.3 Å². The van der Waals surface area contributed by atoms with Gasteiger partial charge in [-0.3, -0.25) is 4.79 Å². The van der Waals surface area contributed by atoms with Crippen molar-refractivity contribution in [1.82, 2.24) is 0 Å². The number of carbonyl (C=O) groups excluding carboxylic acids is 1. The van der Waals surface area contributed by atoms with Gasteiger partial charge in [-0.05, 0) is 66.8 Å². The summed E-state index contributed by atoms with van der Waals surface area (Å²) in [5, 5.41) is 0.130. The molecule has 3 fully saturated rings. The number of benzene rings is 1. The molecule has 3 heterocycles. The fraction of sp³-hybridized carbons (Fsp3) is 0.800. The third-order valence-corrected chi connectivity index (χ3v) is 23.5. The number of esters is 1. The van der Waals surface area contributed by atoms with Crippen LogP contribution < -0.4 is 4.74 Å². The van der Waals surface area contributed by atoms with E-state index in [4.69, 9.17) is 37.3 Å². The normalized spacial score (nSPS) is 32.3. The molecule has 11 atom stereocenters. The summed E-state index contributed by atoms with van der Waals surface area (Å²) in [6.07, 6.45) is 1.59. The molecule has 320 valence electrons. The third-order valence-electron chi connectivity index (χ3n) is 14.5. The smallest absolute Gasteiger partial charge is 0.309 e. The van der Waals surface area contributed by atoms with Crippen molar-refractivity contribution in [3.05, 3.63) is 42.5 Å². The highest BCUT2D eigenvalue weighted by Crippen LogP contribution is 2.57. The number of hydrogen-bond acceptors (Lipinski definition) is 9. The van der Waals surface area contributed by atoms with Crippen molar-refractivity contribution in [2.24, 2.45) is 29.1 Å². The summed E-state index contributed by atoms with van der Waals surface area (Å²) in [6, 6.07) is 7.94. The Morgan fingerprint density at radius 2 is 1.54 bits per heavy atom. The van der Waals surface area contributed by atoms with Gasteiger partial charge >= 0.3 is 5.97 Å². The van der Waals surface area contributed by atoms with Crippen LogP contribution in [0.25, 0.3) is 0 Å². The maximum absolute atomic E-state index is 13.8. The fourth-order valence-electron chi connectivity index (χ4n) is 8.24. The van der Waals surface area contributed by atoms with E-state index in [1.165, 1.54) is 0 Å². The van der Waals surface area contributed by atoms with Crippen LogP contribution in [0.15, 0.2) is 36.9 Å². The van der Waals surface area contributed by atoms with Crippen LogP contribution in [0, 0.1) is 29.1 Å². The molecule has 0 aliphatic carbocycles. The molecule has 0 saturated carbocycles. The van der Waals surface area contributed by atoms with Crippen molar-refractivity contribution in [2.45, 2.75) is 181 Å². The predicted molar refractivity (Wildman–Crippen MR) is 229 cm³/mol. The lowest BCUT2D eigenvalue weighted by atomic mass is 9.72. The van der Waals surface area contributed by atoms with Gasteiger partial charge in [0.1, 0.15) is 18.0 Å². The number of methoxy groups -OCH3 is 2. The Bertz CT molecular complexity index is 1460. The summed E-state index contributed by atoms with van der Waals surface area (Å²) in [5.41, 5.74) is 0.372. The molecule has 56 heavy (non-hydrogen) atoms. The quantitative estimate of drug-likeness (QED) is 0.0919. The maximum Gasteiger partial charge on any atom is 0.309 e. The van der Waals surface area contributed by atoms with Crippen molar-refractivity contribution < 1.29 is 42.1 Å². The standard InChI is InChI=1S/C45H78O9Si2/c1-19-20-35-31(4)37(54-56(17,18)43(8,9)10)26-45(52-35)44(11,12)40(49-28-32-21-23-33(47-13)24-22-32)39(53-45)36(48-14)25-34-30(3)38(51-41(34)46)29(2)27-50-55(15,16)42(5,6)7/h19,21-24,29-31,34-40H,1,20,25-28H2,2-18H3/t29-,30+,31-,34+,35+,36+,37-,38-,39-,40+,45+/m1/s1. The Morgan fingerprint density at radius 1 is 0.929 bits per heavy atom. The highest BCUT2D eigenvalue weighted by molar-refractivity contribution is 6.74. The predicted octanol–water partition coefficient (Wildman–Crippen LogP) is 10.3. The van der Waals surface area contributed by atoms with E-state index >= 15 is 0 Å². The van der Waals surface area contributed by atoms with Crippen LogP contribution in [-0.2, 0) is 43.9 Å². The molecule has 0 amide bonds. The molecule has 3 saturated heterocycles. The zero-order valence-electron chi connectivity index (χ0n) is 38.1. The van der Waals surface area contributed by atoms with E-state index in [9.17, 15) is 4.79 Å². The molecule has 11 heteroatoms. The molecule has 3 aliphatic heterocycles. The lowest BCUT2D eigenvalue weighted by Crippen LogP contribution is -2.60. The molecule has 0 bridgehead atoms. The molecule has 1 spiro atoms. The van der Waals surface area contributed by atoms with Crippen molar-refractivity contribution in [1.29, 1.82) is 0 Å². The molecular formula is C45H78O9Si2. The highest BCUT2D eigenvalue weighted by Gasteiger charge is 2.67. The molecule has 1 aromatic carbocycles. The number of rotatable bonds is 16. The summed E-state index contributed by atoms with van der Waals surface area (Å²) in [7, 11) is -0.769. The summed E-state index contributed by atoms with van der Waals surface area (Å²) >= 11 is 0. The van der Waals surface area contributed by atoms with Gasteiger partial charge in [-0.25, -0.2) is 0 Å². The first-order chi connectivity index (χ1) is 25.8. The molecule has 0 N–H and O–H groups in total. The van der Waals surface area contributed by atoms with Gasteiger partial charge < -0.3 is 37.3 Å². The minimum Gasteiger partial charge on any atom is -0.497 e. The lowest BCUT2D eigenvalue weighted by molar-refractivity contribution is -0.333. The van der Waals surface area contributed by atoms with Crippen molar-refractivity contribution >= 4 is 22.6 Å². The van der Waals surface area contributed by atoms with E-state index in [-0.39, 0.29) is 58.0 Å². The van der Waals surface area contributed by atoms with Crippen LogP contribution in [0.4, 0.5) is 0 Å². The number of ether oxygens (including phenoxy) is 6. The molecule has 3 aliphatic rings. The second-order valence-corrected chi connectivity index (χ2v) is 30.3. The first-order valence-corrected chi connectivity index (χ1v) is 26.8. The van der Waals surface area contributed by atoms with E-state index in [2.05, 4.69) is 109 Å². The van der Waals surface area contributed by atoms with Gasteiger partial charge in [0.25, 0.3) is 0 Å². The Hall–Kier alpha value is -1.58. The Labute approximate surface area is 342 Å². The van der Waals surface area contributed by atoms with Crippen molar-refractivity contribution in [2.75, 3.05) is 20.8 Å². The minimum atomic E-state index is -2.17. The Morgan fingerprint density at radius 3 is 2.07 bits per heavy atom. The summed E-state index contributed by atoms with van der Waals surface area (Å²) in [6.45, 7) is 38.6. The van der Waals surface area contributed by atoms with Gasteiger partial charge in [-0.15, -0.1) is 6.58 Å². The van der Waals surface area contributed by atoms with Crippen LogP contribution >= 0.6 is 0 Å². The van der Waals surface area contributed by atoms with E-state index in [0.29, 0.717) is 32.5 Å². The second-order valence-electron chi connectivity index (χ2n) is 20.7. The van der Waals surface area contributed by atoms with E-state index in [1.54, 1.807) is 14.2 Å². The van der Waals surface area contributed by atoms with Gasteiger partial charge in [-0.1, -0.05) is 94.4 Å². The van der Waals surface area contributed by atoms with E-state index < -0.39 is 46.1 Å². The third kappa shape index (κ3) is 9.72. The van der Waals surface area contributed by atoms with E-state index in [0.717, 1.165) is 11.3 Å². The monoisotopic (exact) mass is 819 g/mol. The van der Waals surface area contributed by atoms with Gasteiger partial charge in [-0.2, -0.15) is 0 Å². The topological polar surface area (TPSA) is 90.9 Å². The van der Waals surface area contributed by atoms with Gasteiger partial charge in [0.2, 0.25) is 0 Å². The minimum absolute atomic E-state index is 0.0324. The van der Waals surface area contributed by atoms with Crippen molar-refractivity contribution in [3.63, 3.8) is 0 Å². The SMILES string of the molecule is C=CC[C@@H]1O[C@@]2(C[C@@H](O[Si](C)(C)C(C)(C)C)[C@@H]1C)O[C@H]([C@H](C[C@@H]1C(=O)O[C@H]([C@H](C)CO[Si](C)(C)C(C)(C)C)[C@H]1C)OC)[C@H](OCc1ccc(OC)cc1)C2(C)C. The molecule has 1 aromatic rings. The summed E-state index contributed by atoms with van der Waals surface area (Å²) in [5.74, 6) is -0.687. The zero-order chi connectivity index (χ0) is 42.2. The average molecular weight is 819 g/mol. The van der Waals surface area contributed by atoms with Gasteiger partial charge in [0, 0.05) is 43.3 Å². The molecule has 0 aromatic heterocycles. The lowest BCUT2D eigenvalue weighted by Gasteiger charge is -2.53. The Balaban J connectivity index is 1.67. The van der Waals surface area contributed by atoms with Crippen LogP contribution in [0.2, 0.25) is 36.3 Å². The van der Waals surface area contributed by atoms with Crippen LogP contribution in [-0.4, -0.2) is 85.8 Å². The molecule has 0 unspecified atom stereocenters.